The summed E-state index contributed by atoms with van der Waals surface area (Å²) >= 11 is 5.99. The van der Waals surface area contributed by atoms with E-state index in [1.807, 2.05) is 16.7 Å². The highest BCUT2D eigenvalue weighted by molar-refractivity contribution is 6.28. The maximum absolute atomic E-state index is 5.99. The lowest BCUT2D eigenvalue weighted by Crippen LogP contribution is -2.04. The number of nitrogens with one attached hydrogen (secondary N) is 1. The van der Waals surface area contributed by atoms with Gasteiger partial charge in [0.05, 0.1) is 19.1 Å². The second-order valence-electron chi connectivity index (χ2n) is 4.69. The third kappa shape index (κ3) is 2.34. The van der Waals surface area contributed by atoms with Crippen LogP contribution < -0.4 is 5.32 Å². The fraction of sp³-hybridized carbons (Fsp3) is 0.308. The molecule has 0 aliphatic heterocycles. The fourth-order valence-electron chi connectivity index (χ4n) is 1.98. The van der Waals surface area contributed by atoms with Crippen molar-refractivity contribution in [2.45, 2.75) is 26.4 Å². The van der Waals surface area contributed by atoms with Crippen LogP contribution in [0.15, 0.2) is 29.1 Å². The summed E-state index contributed by atoms with van der Waals surface area (Å²) in [6, 6.07) is 3.98. The number of anilines is 1. The molecule has 1 N–H and O–H groups in total. The molecule has 0 atom stereocenters. The van der Waals surface area contributed by atoms with Crippen molar-refractivity contribution in [3.8, 4) is 0 Å². The molecular weight excluding hydrogens is 278 g/mol. The average molecular weight is 292 g/mol. The summed E-state index contributed by atoms with van der Waals surface area (Å²) in [6.45, 7) is 4.64. The Balaban J connectivity index is 1.97. The van der Waals surface area contributed by atoms with Gasteiger partial charge in [-0.1, -0.05) is 0 Å². The second-order valence-corrected chi connectivity index (χ2v) is 5.03. The van der Waals surface area contributed by atoms with Gasteiger partial charge in [-0.3, -0.25) is 0 Å². The molecule has 6 nitrogen and oxygen atoms in total. The number of hydrogen-bond donors (Lipinski definition) is 1. The van der Waals surface area contributed by atoms with Gasteiger partial charge in [0, 0.05) is 6.04 Å². The Morgan fingerprint density at radius 2 is 2.25 bits per heavy atom. The van der Waals surface area contributed by atoms with Gasteiger partial charge in [-0.15, -0.1) is 0 Å². The zero-order valence-electron chi connectivity index (χ0n) is 11.2. The molecule has 0 amide bonds. The molecule has 7 heteroatoms. The SMILES string of the molecule is CC(C)n1cnc2c(NCc3ccco3)nc(Cl)nc21. The topological polar surface area (TPSA) is 68.8 Å². The van der Waals surface area contributed by atoms with Crippen molar-refractivity contribution in [2.24, 2.45) is 0 Å². The van der Waals surface area contributed by atoms with E-state index in [-0.39, 0.29) is 11.3 Å². The van der Waals surface area contributed by atoms with E-state index in [1.165, 1.54) is 0 Å². The van der Waals surface area contributed by atoms with Crippen LogP contribution in [0.1, 0.15) is 25.6 Å². The van der Waals surface area contributed by atoms with Gasteiger partial charge in [0.2, 0.25) is 5.28 Å². The van der Waals surface area contributed by atoms with E-state index in [0.717, 1.165) is 11.4 Å². The van der Waals surface area contributed by atoms with E-state index in [4.69, 9.17) is 16.0 Å². The van der Waals surface area contributed by atoms with Gasteiger partial charge in [0.1, 0.15) is 5.76 Å². The maximum Gasteiger partial charge on any atom is 0.226 e. The molecule has 104 valence electrons. The zero-order chi connectivity index (χ0) is 14.1. The summed E-state index contributed by atoms with van der Waals surface area (Å²) in [5.41, 5.74) is 1.43. The molecule has 3 aromatic heterocycles. The molecule has 0 fully saturated rings. The molecule has 0 saturated heterocycles. The van der Waals surface area contributed by atoms with Crippen LogP contribution in [0.5, 0.6) is 0 Å². The van der Waals surface area contributed by atoms with E-state index in [9.17, 15) is 0 Å². The Labute approximate surface area is 120 Å². The van der Waals surface area contributed by atoms with Gasteiger partial charge in [0.25, 0.3) is 0 Å². The monoisotopic (exact) mass is 291 g/mol. The number of aromatic nitrogens is 4. The average Bonchev–Trinajstić information content (AvgIpc) is 3.04. The predicted octanol–water partition coefficient (Wildman–Crippen LogP) is 3.27. The van der Waals surface area contributed by atoms with Crippen molar-refractivity contribution in [3.05, 3.63) is 35.8 Å². The van der Waals surface area contributed by atoms with E-state index < -0.39 is 0 Å². The van der Waals surface area contributed by atoms with Crippen molar-refractivity contribution in [3.63, 3.8) is 0 Å². The number of halogens is 1. The highest BCUT2D eigenvalue weighted by Gasteiger charge is 2.14. The first-order valence-corrected chi connectivity index (χ1v) is 6.69. The van der Waals surface area contributed by atoms with Gasteiger partial charge in [-0.2, -0.15) is 9.97 Å². The second kappa shape index (κ2) is 5.13. The summed E-state index contributed by atoms with van der Waals surface area (Å²) in [5, 5.41) is 3.37. The fourth-order valence-corrected chi connectivity index (χ4v) is 2.14. The molecule has 0 radical (unpaired) electrons. The molecule has 3 rings (SSSR count). The highest BCUT2D eigenvalue weighted by atomic mass is 35.5. The van der Waals surface area contributed by atoms with Gasteiger partial charge >= 0.3 is 0 Å². The van der Waals surface area contributed by atoms with Crippen LogP contribution in [0.25, 0.3) is 11.2 Å². The number of imidazole rings is 1. The van der Waals surface area contributed by atoms with E-state index >= 15 is 0 Å². The van der Waals surface area contributed by atoms with Crippen molar-refractivity contribution in [1.82, 2.24) is 19.5 Å². The number of hydrogen-bond acceptors (Lipinski definition) is 5. The smallest absolute Gasteiger partial charge is 0.226 e. The lowest BCUT2D eigenvalue weighted by molar-refractivity contribution is 0.518. The largest absolute Gasteiger partial charge is 0.467 e. The summed E-state index contributed by atoms with van der Waals surface area (Å²) in [6.07, 6.45) is 3.38. The number of furan rings is 1. The number of rotatable bonds is 4. The van der Waals surface area contributed by atoms with Crippen LogP contribution in [-0.2, 0) is 6.54 Å². The molecule has 0 aromatic carbocycles. The maximum atomic E-state index is 5.99. The molecule has 0 bridgehead atoms. The Hall–Kier alpha value is -2.08. The molecule has 0 spiro atoms. The van der Waals surface area contributed by atoms with Crippen molar-refractivity contribution >= 4 is 28.6 Å². The summed E-state index contributed by atoms with van der Waals surface area (Å²) in [5.74, 6) is 1.42. The third-order valence-electron chi connectivity index (χ3n) is 2.96. The summed E-state index contributed by atoms with van der Waals surface area (Å²) in [4.78, 5) is 12.8. The Kier molecular flexibility index (Phi) is 3.31. The van der Waals surface area contributed by atoms with Crippen molar-refractivity contribution in [2.75, 3.05) is 5.32 Å². The van der Waals surface area contributed by atoms with E-state index in [1.54, 1.807) is 12.6 Å². The lowest BCUT2D eigenvalue weighted by atomic mass is 10.4. The van der Waals surface area contributed by atoms with Crippen LogP contribution in [0.3, 0.4) is 0 Å². The van der Waals surface area contributed by atoms with Crippen LogP contribution in [-0.4, -0.2) is 19.5 Å². The van der Waals surface area contributed by atoms with E-state index in [0.29, 0.717) is 17.9 Å². The standard InChI is InChI=1S/C13H14ClN5O/c1-8(2)19-7-16-10-11(17-13(14)18-12(10)19)15-6-9-4-3-5-20-9/h3-5,7-8H,6H2,1-2H3,(H,15,17,18). The van der Waals surface area contributed by atoms with Gasteiger partial charge in [0.15, 0.2) is 17.0 Å². The van der Waals surface area contributed by atoms with Crippen LogP contribution in [0.4, 0.5) is 5.82 Å². The molecule has 0 unspecified atom stereocenters. The van der Waals surface area contributed by atoms with Crippen LogP contribution in [0, 0.1) is 0 Å². The quantitative estimate of drug-likeness (QED) is 0.747. The van der Waals surface area contributed by atoms with E-state index in [2.05, 4.69) is 34.1 Å². The first-order valence-electron chi connectivity index (χ1n) is 6.31. The Morgan fingerprint density at radius 1 is 1.40 bits per heavy atom. The zero-order valence-corrected chi connectivity index (χ0v) is 11.9. The normalized spacial score (nSPS) is 11.4. The molecule has 20 heavy (non-hydrogen) atoms. The minimum atomic E-state index is 0.196. The van der Waals surface area contributed by atoms with Crippen molar-refractivity contribution < 1.29 is 4.42 Å². The summed E-state index contributed by atoms with van der Waals surface area (Å²) in [7, 11) is 0. The van der Waals surface area contributed by atoms with Crippen LogP contribution >= 0.6 is 11.6 Å². The van der Waals surface area contributed by atoms with Gasteiger partial charge < -0.3 is 14.3 Å². The number of fused-ring (bicyclic) bond motifs is 1. The van der Waals surface area contributed by atoms with Gasteiger partial charge in [-0.25, -0.2) is 4.98 Å². The van der Waals surface area contributed by atoms with Crippen molar-refractivity contribution in [1.29, 1.82) is 0 Å². The first-order chi connectivity index (χ1) is 9.65. The van der Waals surface area contributed by atoms with Gasteiger partial charge in [-0.05, 0) is 37.6 Å². The third-order valence-corrected chi connectivity index (χ3v) is 3.13. The Bertz CT molecular complexity index is 720. The molecular formula is C13H14ClN5O. The molecule has 3 heterocycles. The molecule has 0 saturated carbocycles. The lowest BCUT2D eigenvalue weighted by Gasteiger charge is -2.08. The molecule has 0 aliphatic rings. The minimum absolute atomic E-state index is 0.196. The van der Waals surface area contributed by atoms with Crippen LogP contribution in [0.2, 0.25) is 5.28 Å². The Morgan fingerprint density at radius 3 is 2.95 bits per heavy atom. The first kappa shape index (κ1) is 12.9. The molecule has 0 aliphatic carbocycles. The predicted molar refractivity (Wildman–Crippen MR) is 76.8 cm³/mol. The highest BCUT2D eigenvalue weighted by Crippen LogP contribution is 2.23. The summed E-state index contributed by atoms with van der Waals surface area (Å²) < 4.78 is 7.24. The number of nitrogens with zero attached hydrogens (tertiary/aromatic N) is 4. The molecule has 3 aromatic rings. The minimum Gasteiger partial charge on any atom is -0.467 e.